The molecule has 0 radical (unpaired) electrons. The molecule has 0 aliphatic carbocycles. The van der Waals surface area contributed by atoms with Gasteiger partial charge in [-0.2, -0.15) is 0 Å². The molecule has 2 rings (SSSR count). The molecule has 1 aliphatic heterocycles. The van der Waals surface area contributed by atoms with Crippen molar-refractivity contribution in [2.75, 3.05) is 45.2 Å². The third-order valence-corrected chi connectivity index (χ3v) is 3.42. The second kappa shape index (κ2) is 12.7. The lowest BCUT2D eigenvalue weighted by Crippen LogP contribution is -2.31. The summed E-state index contributed by atoms with van der Waals surface area (Å²) in [5, 5.41) is 8.58. The fraction of sp³-hybridized carbons (Fsp3) is 0.667. The van der Waals surface area contributed by atoms with Crippen molar-refractivity contribution < 1.29 is 5.11 Å². The average Bonchev–Trinajstić information content (AvgIpc) is 2.52. The van der Waals surface area contributed by atoms with E-state index in [1.165, 1.54) is 43.6 Å². The average molecular weight is 294 g/mol. The van der Waals surface area contributed by atoms with Gasteiger partial charge in [-0.25, -0.2) is 0 Å². The third kappa shape index (κ3) is 9.48. The summed E-state index contributed by atoms with van der Waals surface area (Å²) in [5.74, 6) is 0. The van der Waals surface area contributed by atoms with Gasteiger partial charge in [0.25, 0.3) is 0 Å². The highest BCUT2D eigenvalue weighted by molar-refractivity contribution is 5.45. The maximum absolute atomic E-state index is 8.58. The van der Waals surface area contributed by atoms with Crippen LogP contribution in [0.25, 0.3) is 0 Å². The first-order chi connectivity index (χ1) is 10.1. The van der Waals surface area contributed by atoms with E-state index in [4.69, 9.17) is 5.11 Å². The molecular formula is C18H34N2O. The van der Waals surface area contributed by atoms with E-state index in [0.717, 1.165) is 6.54 Å². The van der Waals surface area contributed by atoms with E-state index in [-0.39, 0.29) is 0 Å². The van der Waals surface area contributed by atoms with Crippen molar-refractivity contribution >= 4 is 5.69 Å². The first-order valence-electron chi connectivity index (χ1n) is 8.20. The van der Waals surface area contributed by atoms with E-state index in [9.17, 15) is 0 Å². The van der Waals surface area contributed by atoms with Gasteiger partial charge in [-0.3, -0.25) is 0 Å². The van der Waals surface area contributed by atoms with Crippen LogP contribution in [0.4, 0.5) is 5.69 Å². The summed E-state index contributed by atoms with van der Waals surface area (Å²) in [5.41, 5.74) is 2.57. The van der Waals surface area contributed by atoms with Crippen molar-refractivity contribution in [3.05, 3.63) is 29.8 Å². The number of nitrogens with zero attached hydrogens (tertiary/aromatic N) is 2. The molecule has 0 aromatic heterocycles. The quantitative estimate of drug-likeness (QED) is 0.923. The van der Waals surface area contributed by atoms with Gasteiger partial charge in [-0.15, -0.1) is 0 Å². The standard InChI is InChI=1S/C9H13N.C7H15NO.C2H6/c1-8-4-6-9(7-5-8)10(2)3;9-7-6-8-4-2-1-3-5-8;1-2/h4-7H,1-3H3;9H,1-7H2;1-2H3. The van der Waals surface area contributed by atoms with E-state index in [2.05, 4.69) is 41.0 Å². The third-order valence-electron chi connectivity index (χ3n) is 3.42. The van der Waals surface area contributed by atoms with Gasteiger partial charge in [-0.05, 0) is 45.0 Å². The molecule has 1 N–H and O–H groups in total. The number of aliphatic hydroxyl groups excluding tert-OH is 1. The first-order valence-corrected chi connectivity index (χ1v) is 8.20. The number of rotatable bonds is 3. The topological polar surface area (TPSA) is 26.7 Å². The minimum absolute atomic E-state index is 0.319. The number of piperidine rings is 1. The Morgan fingerprint density at radius 3 is 1.95 bits per heavy atom. The highest BCUT2D eigenvalue weighted by Gasteiger charge is 2.07. The van der Waals surface area contributed by atoms with E-state index in [0.29, 0.717) is 6.61 Å². The maximum atomic E-state index is 8.58. The molecule has 1 aliphatic rings. The van der Waals surface area contributed by atoms with Gasteiger partial charge in [0.15, 0.2) is 0 Å². The summed E-state index contributed by atoms with van der Waals surface area (Å²) in [6, 6.07) is 8.48. The molecule has 1 fully saturated rings. The number of β-amino-alcohol motifs (C(OH)–C–C–N with tert-alkyl or cyclic N) is 1. The summed E-state index contributed by atoms with van der Waals surface area (Å²) in [6.45, 7) is 9.68. The van der Waals surface area contributed by atoms with Crippen LogP contribution in [0, 0.1) is 6.92 Å². The molecule has 0 atom stereocenters. The molecule has 0 unspecified atom stereocenters. The fourth-order valence-corrected chi connectivity index (χ4v) is 2.17. The Bertz CT molecular complexity index is 327. The largest absolute Gasteiger partial charge is 0.395 e. The van der Waals surface area contributed by atoms with Crippen molar-refractivity contribution in [3.8, 4) is 0 Å². The number of likely N-dealkylation sites (tertiary alicyclic amines) is 1. The Hall–Kier alpha value is -1.06. The van der Waals surface area contributed by atoms with Crippen LogP contribution in [-0.4, -0.2) is 50.3 Å². The zero-order valence-electron chi connectivity index (χ0n) is 14.6. The van der Waals surface area contributed by atoms with Gasteiger partial charge in [0.2, 0.25) is 0 Å². The van der Waals surface area contributed by atoms with E-state index >= 15 is 0 Å². The van der Waals surface area contributed by atoms with Crippen molar-refractivity contribution in [1.29, 1.82) is 0 Å². The van der Waals surface area contributed by atoms with Crippen LogP contribution in [0.1, 0.15) is 38.7 Å². The molecule has 0 amide bonds. The van der Waals surface area contributed by atoms with Gasteiger partial charge < -0.3 is 14.9 Å². The minimum atomic E-state index is 0.319. The molecule has 1 aromatic rings. The number of aliphatic hydroxyl groups is 1. The van der Waals surface area contributed by atoms with Gasteiger partial charge in [0, 0.05) is 26.3 Å². The second-order valence-electron chi connectivity index (χ2n) is 5.36. The molecule has 3 nitrogen and oxygen atoms in total. The monoisotopic (exact) mass is 294 g/mol. The fourth-order valence-electron chi connectivity index (χ4n) is 2.17. The van der Waals surface area contributed by atoms with Crippen LogP contribution >= 0.6 is 0 Å². The zero-order valence-corrected chi connectivity index (χ0v) is 14.6. The number of hydrogen-bond acceptors (Lipinski definition) is 3. The lowest BCUT2D eigenvalue weighted by atomic mass is 10.1. The second-order valence-corrected chi connectivity index (χ2v) is 5.36. The Balaban J connectivity index is 0.000000342. The van der Waals surface area contributed by atoms with Gasteiger partial charge in [0.1, 0.15) is 0 Å². The van der Waals surface area contributed by atoms with Gasteiger partial charge >= 0.3 is 0 Å². The Kier molecular flexibility index (Phi) is 12.0. The van der Waals surface area contributed by atoms with Gasteiger partial charge in [-0.1, -0.05) is 38.0 Å². The predicted molar refractivity (Wildman–Crippen MR) is 94.2 cm³/mol. The van der Waals surface area contributed by atoms with Crippen LogP contribution < -0.4 is 4.90 Å². The minimum Gasteiger partial charge on any atom is -0.395 e. The van der Waals surface area contributed by atoms with Crippen LogP contribution in [0.2, 0.25) is 0 Å². The van der Waals surface area contributed by atoms with Crippen LogP contribution in [0.3, 0.4) is 0 Å². The highest BCUT2D eigenvalue weighted by Crippen LogP contribution is 2.10. The number of aryl methyl sites for hydroxylation is 1. The van der Waals surface area contributed by atoms with Crippen molar-refractivity contribution in [2.24, 2.45) is 0 Å². The molecule has 21 heavy (non-hydrogen) atoms. The smallest absolute Gasteiger partial charge is 0.0558 e. The lowest BCUT2D eigenvalue weighted by molar-refractivity contribution is 0.173. The normalized spacial score (nSPS) is 14.4. The zero-order chi connectivity index (χ0) is 16.1. The summed E-state index contributed by atoms with van der Waals surface area (Å²) in [7, 11) is 4.09. The van der Waals surface area contributed by atoms with Crippen molar-refractivity contribution in [3.63, 3.8) is 0 Å². The molecule has 0 spiro atoms. The molecular weight excluding hydrogens is 260 g/mol. The Morgan fingerprint density at radius 2 is 1.52 bits per heavy atom. The molecule has 1 saturated heterocycles. The van der Waals surface area contributed by atoms with Crippen LogP contribution in [-0.2, 0) is 0 Å². The maximum Gasteiger partial charge on any atom is 0.0558 e. The molecule has 0 bridgehead atoms. The molecule has 0 saturated carbocycles. The van der Waals surface area contributed by atoms with E-state index < -0.39 is 0 Å². The number of hydrogen-bond donors (Lipinski definition) is 1. The number of anilines is 1. The predicted octanol–water partition coefficient (Wildman–Crippen LogP) is 3.55. The van der Waals surface area contributed by atoms with E-state index in [1.807, 2.05) is 27.9 Å². The highest BCUT2D eigenvalue weighted by atomic mass is 16.3. The van der Waals surface area contributed by atoms with E-state index in [1.54, 1.807) is 0 Å². The molecule has 3 heteroatoms. The Morgan fingerprint density at radius 1 is 1.00 bits per heavy atom. The molecule has 122 valence electrons. The van der Waals surface area contributed by atoms with Crippen LogP contribution in [0.15, 0.2) is 24.3 Å². The summed E-state index contributed by atoms with van der Waals surface area (Å²) < 4.78 is 0. The van der Waals surface area contributed by atoms with Crippen LogP contribution in [0.5, 0.6) is 0 Å². The molecule has 1 heterocycles. The molecule has 1 aromatic carbocycles. The van der Waals surface area contributed by atoms with Crippen molar-refractivity contribution in [1.82, 2.24) is 4.90 Å². The Labute approximate surface area is 131 Å². The summed E-state index contributed by atoms with van der Waals surface area (Å²) in [6.07, 6.45) is 4.02. The lowest BCUT2D eigenvalue weighted by Gasteiger charge is -2.25. The van der Waals surface area contributed by atoms with Crippen molar-refractivity contribution in [2.45, 2.75) is 40.0 Å². The number of benzene rings is 1. The van der Waals surface area contributed by atoms with Gasteiger partial charge in [0.05, 0.1) is 6.61 Å². The SMILES string of the molecule is CC.Cc1ccc(N(C)C)cc1.OCCN1CCCCC1. The summed E-state index contributed by atoms with van der Waals surface area (Å²) >= 11 is 0. The summed E-state index contributed by atoms with van der Waals surface area (Å²) in [4.78, 5) is 4.42. The first kappa shape index (κ1) is 19.9.